The number of hydrogen-bond donors (Lipinski definition) is 0. The summed E-state index contributed by atoms with van der Waals surface area (Å²) in [5.74, 6) is 0. The maximum Gasteiger partial charge on any atom is 0.124 e. The van der Waals surface area contributed by atoms with Gasteiger partial charge in [0.05, 0.1) is 10.2 Å². The summed E-state index contributed by atoms with van der Waals surface area (Å²) in [7, 11) is 0. The molecule has 2 heteroatoms. The fourth-order valence-corrected chi connectivity index (χ4v) is 3.83. The van der Waals surface area contributed by atoms with Gasteiger partial charge < -0.3 is 0 Å². The largest absolute Gasteiger partial charge is 0.236 e. The fraction of sp³-hybridized carbons (Fsp3) is 0.381. The Labute approximate surface area is 143 Å². The highest BCUT2D eigenvalue weighted by atomic mass is 32.1. The topological polar surface area (TPSA) is 12.9 Å². The van der Waals surface area contributed by atoms with Gasteiger partial charge in [0.15, 0.2) is 0 Å². The van der Waals surface area contributed by atoms with Gasteiger partial charge in [-0.1, -0.05) is 65.8 Å². The van der Waals surface area contributed by atoms with Crippen LogP contribution in [0.1, 0.15) is 52.7 Å². The van der Waals surface area contributed by atoms with E-state index in [1.165, 1.54) is 21.4 Å². The van der Waals surface area contributed by atoms with Crippen LogP contribution in [-0.2, 0) is 10.8 Å². The van der Waals surface area contributed by atoms with Crippen LogP contribution in [0.15, 0.2) is 42.5 Å². The van der Waals surface area contributed by atoms with Crippen molar-refractivity contribution in [2.45, 2.75) is 52.4 Å². The number of hydrogen-bond acceptors (Lipinski definition) is 2. The van der Waals surface area contributed by atoms with E-state index in [4.69, 9.17) is 4.98 Å². The van der Waals surface area contributed by atoms with Crippen molar-refractivity contribution in [3.8, 4) is 10.6 Å². The summed E-state index contributed by atoms with van der Waals surface area (Å²) in [6.45, 7) is 13.6. The number of benzene rings is 2. The first kappa shape index (κ1) is 16.2. The Bertz CT molecular complexity index is 811. The SMILES string of the molecule is CC(C)(C)c1ccc(C(C)(C)C)c(-c2nc3ccccc3s2)c1. The molecule has 0 radical (unpaired) electrons. The molecule has 0 atom stereocenters. The molecule has 3 aromatic rings. The van der Waals surface area contributed by atoms with Crippen LogP contribution in [0.3, 0.4) is 0 Å². The van der Waals surface area contributed by atoms with Gasteiger partial charge in [0.2, 0.25) is 0 Å². The molecule has 0 unspecified atom stereocenters. The molecule has 1 nitrogen and oxygen atoms in total. The highest BCUT2D eigenvalue weighted by molar-refractivity contribution is 7.21. The Morgan fingerprint density at radius 1 is 0.826 bits per heavy atom. The van der Waals surface area contributed by atoms with Crippen LogP contribution in [0.25, 0.3) is 20.8 Å². The fourth-order valence-electron chi connectivity index (χ4n) is 2.83. The highest BCUT2D eigenvalue weighted by Gasteiger charge is 2.23. The Balaban J connectivity index is 2.26. The van der Waals surface area contributed by atoms with Crippen molar-refractivity contribution in [1.82, 2.24) is 4.98 Å². The summed E-state index contributed by atoms with van der Waals surface area (Å²) in [6.07, 6.45) is 0. The third kappa shape index (κ3) is 3.18. The van der Waals surface area contributed by atoms with Gasteiger partial charge in [-0.15, -0.1) is 11.3 Å². The molecule has 0 aliphatic heterocycles. The normalized spacial score (nSPS) is 12.8. The summed E-state index contributed by atoms with van der Waals surface area (Å²) in [5.41, 5.74) is 5.34. The van der Waals surface area contributed by atoms with Crippen molar-refractivity contribution >= 4 is 21.6 Å². The zero-order chi connectivity index (χ0) is 16.8. The van der Waals surface area contributed by atoms with Gasteiger partial charge in [-0.2, -0.15) is 0 Å². The van der Waals surface area contributed by atoms with Crippen LogP contribution in [0.5, 0.6) is 0 Å². The minimum absolute atomic E-state index is 0.101. The minimum atomic E-state index is 0.101. The molecule has 0 spiro atoms. The van der Waals surface area contributed by atoms with Crippen LogP contribution >= 0.6 is 11.3 Å². The third-order valence-corrected chi connectivity index (χ3v) is 5.29. The van der Waals surface area contributed by atoms with Crippen molar-refractivity contribution < 1.29 is 0 Å². The molecular formula is C21H25NS. The summed E-state index contributed by atoms with van der Waals surface area (Å²) in [5, 5.41) is 1.13. The van der Waals surface area contributed by atoms with Crippen LogP contribution in [-0.4, -0.2) is 4.98 Å². The lowest BCUT2D eigenvalue weighted by atomic mass is 9.79. The van der Waals surface area contributed by atoms with Crippen LogP contribution in [0.2, 0.25) is 0 Å². The maximum absolute atomic E-state index is 4.90. The van der Waals surface area contributed by atoms with Crippen molar-refractivity contribution in [3.05, 3.63) is 53.6 Å². The Morgan fingerprint density at radius 3 is 2.13 bits per heavy atom. The second kappa shape index (κ2) is 5.45. The molecule has 23 heavy (non-hydrogen) atoms. The quantitative estimate of drug-likeness (QED) is 0.494. The summed E-state index contributed by atoms with van der Waals surface area (Å²) < 4.78 is 1.25. The van der Waals surface area contributed by atoms with Crippen LogP contribution in [0, 0.1) is 0 Å². The molecule has 3 rings (SSSR count). The molecule has 2 aromatic carbocycles. The first-order valence-electron chi connectivity index (χ1n) is 8.17. The van der Waals surface area contributed by atoms with Gasteiger partial charge in [0.25, 0.3) is 0 Å². The van der Waals surface area contributed by atoms with E-state index in [1.807, 2.05) is 0 Å². The standard InChI is InChI=1S/C21H25NS/c1-20(2,3)14-11-12-16(21(4,5)6)15(13-14)19-22-17-9-7-8-10-18(17)23-19/h7-13H,1-6H3. The maximum atomic E-state index is 4.90. The van der Waals surface area contributed by atoms with Gasteiger partial charge >= 0.3 is 0 Å². The lowest BCUT2D eigenvalue weighted by molar-refractivity contribution is 0.578. The Morgan fingerprint density at radius 2 is 1.52 bits per heavy atom. The van der Waals surface area contributed by atoms with E-state index in [9.17, 15) is 0 Å². The van der Waals surface area contributed by atoms with Crippen molar-refractivity contribution in [2.75, 3.05) is 0 Å². The van der Waals surface area contributed by atoms with Gasteiger partial charge in [-0.25, -0.2) is 4.98 Å². The average molecular weight is 324 g/mol. The van der Waals surface area contributed by atoms with Gasteiger partial charge in [0.1, 0.15) is 5.01 Å². The number of nitrogens with zero attached hydrogens (tertiary/aromatic N) is 1. The zero-order valence-electron chi connectivity index (χ0n) is 14.9. The summed E-state index contributed by atoms with van der Waals surface area (Å²) >= 11 is 1.79. The van der Waals surface area contributed by atoms with E-state index in [1.54, 1.807) is 11.3 Å². The number of fused-ring (bicyclic) bond motifs is 1. The average Bonchev–Trinajstić information content (AvgIpc) is 2.88. The van der Waals surface area contributed by atoms with E-state index in [0.717, 1.165) is 10.5 Å². The second-order valence-electron chi connectivity index (χ2n) is 8.25. The molecule has 120 valence electrons. The molecular weight excluding hydrogens is 298 g/mol. The van der Waals surface area contributed by atoms with Gasteiger partial charge in [-0.05, 0) is 40.2 Å². The Kier molecular flexibility index (Phi) is 3.84. The van der Waals surface area contributed by atoms with Crippen molar-refractivity contribution in [3.63, 3.8) is 0 Å². The number of thiazole rings is 1. The number of rotatable bonds is 1. The number of aromatic nitrogens is 1. The molecule has 0 bridgehead atoms. The highest BCUT2D eigenvalue weighted by Crippen LogP contribution is 2.39. The molecule has 0 saturated carbocycles. The van der Waals surface area contributed by atoms with Gasteiger partial charge in [0, 0.05) is 5.56 Å². The van der Waals surface area contributed by atoms with Crippen molar-refractivity contribution in [2.24, 2.45) is 0 Å². The van der Waals surface area contributed by atoms with Crippen molar-refractivity contribution in [1.29, 1.82) is 0 Å². The van der Waals surface area contributed by atoms with E-state index in [0.29, 0.717) is 0 Å². The lowest BCUT2D eigenvalue weighted by Crippen LogP contribution is -2.16. The van der Waals surface area contributed by atoms with E-state index < -0.39 is 0 Å². The molecule has 1 aromatic heterocycles. The van der Waals surface area contributed by atoms with Crippen LogP contribution in [0.4, 0.5) is 0 Å². The number of para-hydroxylation sites is 1. The second-order valence-corrected chi connectivity index (χ2v) is 9.28. The third-order valence-electron chi connectivity index (χ3n) is 4.22. The molecule has 0 N–H and O–H groups in total. The summed E-state index contributed by atoms with van der Waals surface area (Å²) in [6, 6.07) is 15.3. The van der Waals surface area contributed by atoms with E-state index >= 15 is 0 Å². The van der Waals surface area contributed by atoms with Gasteiger partial charge in [-0.3, -0.25) is 0 Å². The van der Waals surface area contributed by atoms with Crippen LogP contribution < -0.4 is 0 Å². The van der Waals surface area contributed by atoms with E-state index in [2.05, 4.69) is 84.0 Å². The molecule has 0 aliphatic rings. The Hall–Kier alpha value is -1.67. The lowest BCUT2D eigenvalue weighted by Gasteiger charge is -2.26. The zero-order valence-corrected chi connectivity index (χ0v) is 15.7. The summed E-state index contributed by atoms with van der Waals surface area (Å²) in [4.78, 5) is 4.90. The molecule has 0 fully saturated rings. The predicted molar refractivity (Wildman–Crippen MR) is 102 cm³/mol. The smallest absolute Gasteiger partial charge is 0.124 e. The molecule has 0 saturated heterocycles. The monoisotopic (exact) mass is 323 g/mol. The first-order valence-corrected chi connectivity index (χ1v) is 8.99. The first-order chi connectivity index (χ1) is 10.7. The van der Waals surface area contributed by atoms with E-state index in [-0.39, 0.29) is 10.8 Å². The molecule has 0 amide bonds. The molecule has 0 aliphatic carbocycles. The molecule has 1 heterocycles. The predicted octanol–water partition coefficient (Wildman–Crippen LogP) is 6.56. The minimum Gasteiger partial charge on any atom is -0.236 e.